The highest BCUT2D eigenvalue weighted by Crippen LogP contribution is 2.50. The number of likely N-dealkylation sites (N-methyl/N-ethyl adjacent to an activating group) is 2. The van der Waals surface area contributed by atoms with Gasteiger partial charge in [-0.05, 0) is 14.1 Å². The summed E-state index contributed by atoms with van der Waals surface area (Å²) in [5.74, 6) is -0.752. The van der Waals surface area contributed by atoms with E-state index in [1.165, 1.54) is 27.7 Å². The van der Waals surface area contributed by atoms with Crippen molar-refractivity contribution in [3.63, 3.8) is 0 Å². The molecule has 5 saturated heterocycles. The van der Waals surface area contributed by atoms with Gasteiger partial charge in [-0.15, -0.1) is 0 Å². The van der Waals surface area contributed by atoms with Crippen molar-refractivity contribution in [2.75, 3.05) is 14.1 Å². The minimum Gasteiger partial charge on any atom is -0.299 e. The van der Waals surface area contributed by atoms with Gasteiger partial charge in [0, 0.05) is 27.7 Å². The number of nitrogens with zero attached hydrogens (tertiary/aromatic N) is 6. The molecule has 0 aromatic rings. The fourth-order valence-corrected chi connectivity index (χ4v) is 5.47. The number of carbonyl (C=O) groups is 4. The molecule has 4 unspecified atom stereocenters. The van der Waals surface area contributed by atoms with E-state index >= 15 is 0 Å². The molecule has 0 radical (unpaired) electrons. The van der Waals surface area contributed by atoms with Crippen LogP contribution >= 0.6 is 0 Å². The highest BCUT2D eigenvalue weighted by molar-refractivity contribution is 5.83. The summed E-state index contributed by atoms with van der Waals surface area (Å²) >= 11 is 0. The van der Waals surface area contributed by atoms with Crippen LogP contribution in [0, 0.1) is 0 Å². The fraction of sp³-hybridized carbons (Fsp3) is 0.750. The second kappa shape index (κ2) is 5.17. The van der Waals surface area contributed by atoms with E-state index in [1.54, 1.807) is 19.6 Å². The fourth-order valence-electron chi connectivity index (χ4n) is 5.47. The van der Waals surface area contributed by atoms with Crippen LogP contribution in [0.2, 0.25) is 0 Å². The summed E-state index contributed by atoms with van der Waals surface area (Å²) < 4.78 is 0. The van der Waals surface area contributed by atoms with Gasteiger partial charge in [-0.1, -0.05) is 0 Å². The van der Waals surface area contributed by atoms with Gasteiger partial charge in [-0.2, -0.15) is 0 Å². The van der Waals surface area contributed by atoms with Gasteiger partial charge in [-0.3, -0.25) is 48.6 Å². The maximum atomic E-state index is 12.6. The highest BCUT2D eigenvalue weighted by Gasteiger charge is 2.73. The Balaban J connectivity index is 2.02. The first kappa shape index (κ1) is 17.2. The molecule has 26 heavy (non-hydrogen) atoms. The highest BCUT2D eigenvalue weighted by atomic mass is 16.2. The van der Waals surface area contributed by atoms with Crippen LogP contribution in [-0.2, 0) is 19.2 Å². The molecule has 142 valence electrons. The van der Waals surface area contributed by atoms with Gasteiger partial charge < -0.3 is 0 Å². The average molecular weight is 364 g/mol. The predicted octanol–water partition coefficient (Wildman–Crippen LogP) is -1.74. The van der Waals surface area contributed by atoms with Crippen molar-refractivity contribution in [2.24, 2.45) is 0 Å². The Morgan fingerprint density at radius 1 is 0.462 bits per heavy atom. The molecule has 5 aliphatic heterocycles. The molecule has 4 amide bonds. The molecule has 5 rings (SSSR count). The molecule has 10 heteroatoms. The van der Waals surface area contributed by atoms with Crippen LogP contribution in [0.1, 0.15) is 27.7 Å². The first-order valence-electron chi connectivity index (χ1n) is 8.70. The molecule has 0 aromatic heterocycles. The van der Waals surface area contributed by atoms with Crippen molar-refractivity contribution in [3.8, 4) is 0 Å². The number of hydrogen-bond donors (Lipinski definition) is 0. The minimum absolute atomic E-state index is 0.188. The van der Waals surface area contributed by atoms with Crippen molar-refractivity contribution in [1.29, 1.82) is 0 Å². The van der Waals surface area contributed by atoms with E-state index in [-0.39, 0.29) is 48.3 Å². The summed E-state index contributed by atoms with van der Waals surface area (Å²) in [7, 11) is 3.70. The molecular weight excluding hydrogens is 340 g/mol. The molecule has 6 bridgehead atoms. The summed E-state index contributed by atoms with van der Waals surface area (Å²) in [6.45, 7) is 5.84. The maximum Gasteiger partial charge on any atom is 0.222 e. The van der Waals surface area contributed by atoms with Gasteiger partial charge in [0.1, 0.15) is 37.0 Å². The number of rotatable bonds is 0. The molecule has 0 aliphatic carbocycles. The van der Waals surface area contributed by atoms with Crippen LogP contribution in [0.4, 0.5) is 0 Å². The Labute approximate surface area is 151 Å². The zero-order valence-electron chi connectivity index (χ0n) is 15.8. The molecule has 5 heterocycles. The van der Waals surface area contributed by atoms with Crippen LogP contribution in [-0.4, -0.2) is 104 Å². The Kier molecular flexibility index (Phi) is 3.42. The van der Waals surface area contributed by atoms with E-state index in [9.17, 15) is 19.2 Å². The third kappa shape index (κ3) is 1.73. The van der Waals surface area contributed by atoms with Gasteiger partial charge in [0.2, 0.25) is 23.6 Å². The van der Waals surface area contributed by atoms with Crippen molar-refractivity contribution in [2.45, 2.75) is 64.7 Å². The second-order valence-corrected chi connectivity index (χ2v) is 7.52. The zero-order valence-corrected chi connectivity index (χ0v) is 15.8. The Hall–Kier alpha value is -2.20. The lowest BCUT2D eigenvalue weighted by atomic mass is 10.1. The lowest BCUT2D eigenvalue weighted by molar-refractivity contribution is -0.165. The SMILES string of the molecule is CC(=O)N1C2C3N(C)C4C(N2C)N(C(C)=O)C(C1N3C(C)=O)N4C(C)=O. The minimum atomic E-state index is -0.699. The van der Waals surface area contributed by atoms with Crippen molar-refractivity contribution >= 4 is 23.6 Å². The summed E-state index contributed by atoms with van der Waals surface area (Å²) in [6, 6.07) is 0. The van der Waals surface area contributed by atoms with E-state index in [1.807, 2.05) is 23.9 Å². The van der Waals surface area contributed by atoms with Gasteiger partial charge >= 0.3 is 0 Å². The lowest BCUT2D eigenvalue weighted by Gasteiger charge is -2.52. The smallest absolute Gasteiger partial charge is 0.222 e. The standard InChI is InChI=1S/C16H24N6O4/c1-7(23)19-11-12-18(6)14-13(17(11)5)21(9(3)25)16(22(14)10(4)26)15(19)20(12)8(2)24/h11-16H,1-6H3. The molecule has 5 aliphatic rings. The topological polar surface area (TPSA) is 87.7 Å². The second-order valence-electron chi connectivity index (χ2n) is 7.52. The van der Waals surface area contributed by atoms with Gasteiger partial charge in [0.25, 0.3) is 0 Å². The average Bonchev–Trinajstić information content (AvgIpc) is 3.00. The zero-order chi connectivity index (χ0) is 19.2. The van der Waals surface area contributed by atoms with Crippen molar-refractivity contribution in [3.05, 3.63) is 0 Å². The van der Waals surface area contributed by atoms with E-state index in [0.29, 0.717) is 0 Å². The number of carbonyl (C=O) groups excluding carboxylic acids is 4. The number of hydrogen-bond acceptors (Lipinski definition) is 6. The predicted molar refractivity (Wildman–Crippen MR) is 88.3 cm³/mol. The lowest BCUT2D eigenvalue weighted by Crippen LogP contribution is -2.73. The molecule has 0 N–H and O–H groups in total. The maximum absolute atomic E-state index is 12.6. The van der Waals surface area contributed by atoms with E-state index in [0.717, 1.165) is 0 Å². The van der Waals surface area contributed by atoms with Crippen LogP contribution in [0.3, 0.4) is 0 Å². The molecule has 4 atom stereocenters. The molecule has 0 spiro atoms. The number of piperazine rings is 1. The van der Waals surface area contributed by atoms with Crippen molar-refractivity contribution < 1.29 is 19.2 Å². The van der Waals surface area contributed by atoms with Gasteiger partial charge in [0.05, 0.1) is 0 Å². The summed E-state index contributed by atoms with van der Waals surface area (Å²) in [5.41, 5.74) is 0. The number of amides is 4. The largest absolute Gasteiger partial charge is 0.299 e. The first-order valence-corrected chi connectivity index (χ1v) is 8.70. The van der Waals surface area contributed by atoms with E-state index in [2.05, 4.69) is 0 Å². The Bertz CT molecular complexity index is 612. The van der Waals surface area contributed by atoms with Gasteiger partial charge in [-0.25, -0.2) is 0 Å². The molecular formula is C16H24N6O4. The Morgan fingerprint density at radius 2 is 0.654 bits per heavy atom. The van der Waals surface area contributed by atoms with Crippen molar-refractivity contribution in [1.82, 2.24) is 29.4 Å². The summed E-state index contributed by atoms with van der Waals surface area (Å²) in [5, 5.41) is 0. The normalized spacial score (nSPS) is 38.4. The van der Waals surface area contributed by atoms with E-state index < -0.39 is 12.3 Å². The summed E-state index contributed by atoms with van der Waals surface area (Å²) in [6.07, 6.45) is -2.87. The van der Waals surface area contributed by atoms with E-state index in [4.69, 9.17) is 0 Å². The van der Waals surface area contributed by atoms with Crippen LogP contribution in [0.15, 0.2) is 0 Å². The quantitative estimate of drug-likeness (QED) is 0.507. The van der Waals surface area contributed by atoms with Crippen LogP contribution in [0.25, 0.3) is 0 Å². The van der Waals surface area contributed by atoms with Gasteiger partial charge in [0.15, 0.2) is 0 Å². The third-order valence-electron chi connectivity index (χ3n) is 6.20. The van der Waals surface area contributed by atoms with Crippen LogP contribution in [0.5, 0.6) is 0 Å². The summed E-state index contributed by atoms with van der Waals surface area (Å²) in [4.78, 5) is 60.7. The molecule has 0 saturated carbocycles. The molecule has 5 fully saturated rings. The molecule has 10 nitrogen and oxygen atoms in total. The molecule has 0 aromatic carbocycles. The monoisotopic (exact) mass is 364 g/mol. The third-order valence-corrected chi connectivity index (χ3v) is 6.20. The van der Waals surface area contributed by atoms with Crippen LogP contribution < -0.4 is 0 Å². The Morgan fingerprint density at radius 3 is 0.808 bits per heavy atom. The first-order chi connectivity index (χ1) is 12.1.